The Morgan fingerprint density at radius 3 is 2.43 bits per heavy atom. The molecule has 2 aliphatic rings. The predicted octanol–water partition coefficient (Wildman–Crippen LogP) is 6.13. The van der Waals surface area contributed by atoms with Crippen LogP contribution in [0.15, 0.2) is 101 Å². The van der Waals surface area contributed by atoms with E-state index < -0.39 is 11.7 Å². The Kier molecular flexibility index (Phi) is 6.08. The number of dihydropyridines is 1. The van der Waals surface area contributed by atoms with Crippen molar-refractivity contribution < 1.29 is 14.0 Å². The van der Waals surface area contributed by atoms with E-state index in [0.29, 0.717) is 35.4 Å². The highest BCUT2D eigenvalue weighted by atomic mass is 19.1. The average Bonchev–Trinajstić information content (AvgIpc) is 2.84. The fourth-order valence-electron chi connectivity index (χ4n) is 5.29. The van der Waals surface area contributed by atoms with E-state index in [1.54, 1.807) is 12.1 Å². The maximum Gasteiger partial charge on any atom is 0.254 e. The molecule has 2 atom stereocenters. The summed E-state index contributed by atoms with van der Waals surface area (Å²) in [7, 11) is 0. The number of anilines is 1. The third-order valence-corrected chi connectivity index (χ3v) is 6.93. The minimum absolute atomic E-state index is 0.0458. The van der Waals surface area contributed by atoms with Crippen LogP contribution in [0.3, 0.4) is 0 Å². The van der Waals surface area contributed by atoms with Gasteiger partial charge < -0.3 is 10.6 Å². The van der Waals surface area contributed by atoms with Gasteiger partial charge in [0.2, 0.25) is 0 Å². The van der Waals surface area contributed by atoms with Crippen LogP contribution in [0.4, 0.5) is 10.1 Å². The van der Waals surface area contributed by atoms with E-state index in [4.69, 9.17) is 0 Å². The monoisotopic (exact) mass is 466 g/mol. The number of halogens is 1. The van der Waals surface area contributed by atoms with Crippen LogP contribution >= 0.6 is 0 Å². The van der Waals surface area contributed by atoms with Gasteiger partial charge in [0.25, 0.3) is 5.91 Å². The first-order valence-electron chi connectivity index (χ1n) is 11.8. The van der Waals surface area contributed by atoms with E-state index in [0.717, 1.165) is 22.4 Å². The lowest BCUT2D eigenvalue weighted by molar-refractivity contribution is -0.116. The molecule has 1 aliphatic heterocycles. The minimum atomic E-state index is -0.495. The lowest BCUT2D eigenvalue weighted by Crippen LogP contribution is -2.37. The van der Waals surface area contributed by atoms with Gasteiger partial charge in [0.05, 0.1) is 0 Å². The molecular formula is C30H27FN2O2. The van der Waals surface area contributed by atoms with Crippen molar-refractivity contribution in [1.82, 2.24) is 5.32 Å². The molecule has 0 aromatic heterocycles. The second-order valence-corrected chi connectivity index (χ2v) is 9.25. The SMILES string of the molecule is CC1=C(C(=O)Nc2cccc(F)c2)C(c2ccccc2C)C2=C(CC(c3ccccc3)CC2=O)N1. The third kappa shape index (κ3) is 4.42. The Bertz CT molecular complexity index is 1370. The smallest absolute Gasteiger partial charge is 0.254 e. The maximum absolute atomic E-state index is 13.8. The van der Waals surface area contributed by atoms with Gasteiger partial charge in [-0.2, -0.15) is 0 Å². The van der Waals surface area contributed by atoms with Gasteiger partial charge in [-0.05, 0) is 61.1 Å². The van der Waals surface area contributed by atoms with Crippen molar-refractivity contribution in [3.63, 3.8) is 0 Å². The molecule has 1 aliphatic carbocycles. The van der Waals surface area contributed by atoms with Crippen LogP contribution < -0.4 is 10.6 Å². The molecule has 2 N–H and O–H groups in total. The van der Waals surface area contributed by atoms with Crippen molar-refractivity contribution in [3.8, 4) is 0 Å². The van der Waals surface area contributed by atoms with Crippen molar-refractivity contribution >= 4 is 17.4 Å². The average molecular weight is 467 g/mol. The highest BCUT2D eigenvalue weighted by Crippen LogP contribution is 2.46. The van der Waals surface area contributed by atoms with E-state index in [1.165, 1.54) is 12.1 Å². The number of amides is 1. The highest BCUT2D eigenvalue weighted by molar-refractivity contribution is 6.10. The molecule has 0 fully saturated rings. The summed E-state index contributed by atoms with van der Waals surface area (Å²) in [4.78, 5) is 27.3. The zero-order chi connectivity index (χ0) is 24.5. The zero-order valence-electron chi connectivity index (χ0n) is 19.8. The lowest BCUT2D eigenvalue weighted by Gasteiger charge is -2.37. The first-order valence-corrected chi connectivity index (χ1v) is 11.8. The molecule has 5 rings (SSSR count). The number of Topliss-reactive ketones (excluding diaryl/α,β-unsaturated/α-hetero) is 1. The largest absolute Gasteiger partial charge is 0.362 e. The molecule has 0 saturated heterocycles. The van der Waals surface area contributed by atoms with E-state index in [1.807, 2.05) is 56.3 Å². The summed E-state index contributed by atoms with van der Waals surface area (Å²) in [5.74, 6) is -1.14. The van der Waals surface area contributed by atoms with Gasteiger partial charge in [0.15, 0.2) is 5.78 Å². The number of carbonyl (C=O) groups excluding carboxylic acids is 2. The standard InChI is InChI=1S/C30H27FN2O2/c1-18-9-6-7-14-24(18)28-27(30(35)33-23-13-8-12-22(31)17-23)19(2)32-25-15-21(16-26(34)29(25)28)20-10-4-3-5-11-20/h3-14,17,21,28,32H,15-16H2,1-2H3,(H,33,35). The number of aryl methyl sites for hydroxylation is 1. The summed E-state index contributed by atoms with van der Waals surface area (Å²) in [6.45, 7) is 3.86. The van der Waals surface area contributed by atoms with Crippen molar-refractivity contribution in [2.75, 3.05) is 5.32 Å². The molecule has 0 radical (unpaired) electrons. The Labute approximate surface area is 204 Å². The van der Waals surface area contributed by atoms with Crippen LogP contribution in [-0.4, -0.2) is 11.7 Å². The molecule has 3 aromatic rings. The van der Waals surface area contributed by atoms with Crippen LogP contribution in [-0.2, 0) is 9.59 Å². The van der Waals surface area contributed by atoms with Crippen LogP contribution in [0.5, 0.6) is 0 Å². The highest BCUT2D eigenvalue weighted by Gasteiger charge is 2.41. The van der Waals surface area contributed by atoms with Gasteiger partial charge in [0.1, 0.15) is 5.82 Å². The Morgan fingerprint density at radius 2 is 1.69 bits per heavy atom. The van der Waals surface area contributed by atoms with Crippen LogP contribution in [0.2, 0.25) is 0 Å². The molecule has 1 heterocycles. The number of rotatable bonds is 4. The van der Waals surface area contributed by atoms with Gasteiger partial charge in [0, 0.05) is 40.6 Å². The first-order chi connectivity index (χ1) is 16.9. The molecule has 35 heavy (non-hydrogen) atoms. The Balaban J connectivity index is 1.58. The van der Waals surface area contributed by atoms with Crippen LogP contribution in [0, 0.1) is 12.7 Å². The lowest BCUT2D eigenvalue weighted by atomic mass is 9.71. The Morgan fingerprint density at radius 1 is 0.943 bits per heavy atom. The number of ketones is 1. The second-order valence-electron chi connectivity index (χ2n) is 9.25. The fraction of sp³-hybridized carbons (Fsp3) is 0.200. The van der Waals surface area contributed by atoms with Gasteiger partial charge in [-0.3, -0.25) is 9.59 Å². The summed E-state index contributed by atoms with van der Waals surface area (Å²) in [6, 6.07) is 23.8. The molecule has 0 bridgehead atoms. The Hall–Kier alpha value is -3.99. The molecule has 5 heteroatoms. The fourth-order valence-corrected chi connectivity index (χ4v) is 5.29. The molecule has 0 saturated carbocycles. The molecule has 4 nitrogen and oxygen atoms in total. The second kappa shape index (κ2) is 9.34. The molecular weight excluding hydrogens is 439 g/mol. The third-order valence-electron chi connectivity index (χ3n) is 6.93. The summed E-state index contributed by atoms with van der Waals surface area (Å²) in [5, 5.41) is 6.24. The van der Waals surface area contributed by atoms with Gasteiger partial charge in [-0.15, -0.1) is 0 Å². The van der Waals surface area contributed by atoms with Crippen molar-refractivity contribution in [2.45, 2.75) is 38.5 Å². The van der Waals surface area contributed by atoms with Gasteiger partial charge in [-0.1, -0.05) is 60.7 Å². The molecule has 0 spiro atoms. The van der Waals surface area contributed by atoms with E-state index >= 15 is 0 Å². The van der Waals surface area contributed by atoms with Crippen molar-refractivity contribution in [3.05, 3.63) is 124 Å². The summed E-state index contributed by atoms with van der Waals surface area (Å²) in [5.41, 5.74) is 6.16. The summed E-state index contributed by atoms with van der Waals surface area (Å²) >= 11 is 0. The minimum Gasteiger partial charge on any atom is -0.362 e. The van der Waals surface area contributed by atoms with Gasteiger partial charge >= 0.3 is 0 Å². The van der Waals surface area contributed by atoms with E-state index in [2.05, 4.69) is 22.8 Å². The number of allylic oxidation sites excluding steroid dienone is 3. The first kappa shape index (κ1) is 22.8. The van der Waals surface area contributed by atoms with Crippen molar-refractivity contribution in [1.29, 1.82) is 0 Å². The normalized spacial score (nSPS) is 19.8. The molecule has 2 unspecified atom stereocenters. The quantitative estimate of drug-likeness (QED) is 0.486. The van der Waals surface area contributed by atoms with Gasteiger partial charge in [-0.25, -0.2) is 4.39 Å². The number of nitrogens with one attached hydrogen (secondary N) is 2. The number of hydrogen-bond donors (Lipinski definition) is 2. The maximum atomic E-state index is 13.8. The van der Waals surface area contributed by atoms with Crippen molar-refractivity contribution in [2.24, 2.45) is 0 Å². The molecule has 1 amide bonds. The number of benzene rings is 3. The zero-order valence-corrected chi connectivity index (χ0v) is 19.8. The number of hydrogen-bond acceptors (Lipinski definition) is 3. The summed E-state index contributed by atoms with van der Waals surface area (Å²) in [6.07, 6.45) is 1.09. The van der Waals surface area contributed by atoms with Crippen LogP contribution in [0.25, 0.3) is 0 Å². The van der Waals surface area contributed by atoms with Crippen LogP contribution in [0.1, 0.15) is 48.3 Å². The molecule has 176 valence electrons. The van der Waals surface area contributed by atoms with E-state index in [-0.39, 0.29) is 17.6 Å². The summed E-state index contributed by atoms with van der Waals surface area (Å²) < 4.78 is 13.8. The topological polar surface area (TPSA) is 58.2 Å². The van der Waals surface area contributed by atoms with E-state index in [9.17, 15) is 14.0 Å². The number of carbonyl (C=O) groups is 2. The predicted molar refractivity (Wildman–Crippen MR) is 135 cm³/mol. The molecule has 3 aromatic carbocycles.